The Hall–Kier alpha value is -0.900. The van der Waals surface area contributed by atoms with E-state index in [1.165, 1.54) is 10.9 Å². The number of benzene rings is 1. The van der Waals surface area contributed by atoms with Crippen molar-refractivity contribution in [3.05, 3.63) is 46.0 Å². The minimum Gasteiger partial charge on any atom is -0.309 e. The summed E-state index contributed by atoms with van der Waals surface area (Å²) in [5.41, 5.74) is 0.575. The number of rotatable bonds is 5. The Kier molecular flexibility index (Phi) is 4.97. The second-order valence-corrected chi connectivity index (χ2v) is 6.05. The molecule has 1 N–H and O–H groups in total. The molecule has 0 radical (unpaired) electrons. The van der Waals surface area contributed by atoms with Crippen molar-refractivity contribution < 1.29 is 4.39 Å². The number of hydrogen-bond donors (Lipinski definition) is 1. The highest BCUT2D eigenvalue weighted by Crippen LogP contribution is 2.34. The summed E-state index contributed by atoms with van der Waals surface area (Å²) in [6.07, 6.45) is 1.10. The molecule has 1 aromatic heterocycles. The highest BCUT2D eigenvalue weighted by molar-refractivity contribution is 7.15. The third kappa shape index (κ3) is 3.56. The maximum Gasteiger partial charge on any atom is 0.131 e. The van der Waals surface area contributed by atoms with E-state index in [0.29, 0.717) is 16.6 Å². The summed E-state index contributed by atoms with van der Waals surface area (Å²) in [6.45, 7) is 5.25. The first-order valence-corrected chi connectivity index (χ1v) is 7.59. The minimum absolute atomic E-state index is 0.230. The van der Waals surface area contributed by atoms with E-state index < -0.39 is 0 Å². The Bertz CT molecular complexity index is 553. The maximum atomic E-state index is 13.8. The van der Waals surface area contributed by atoms with Gasteiger partial charge in [-0.25, -0.2) is 4.39 Å². The van der Waals surface area contributed by atoms with E-state index in [1.807, 2.05) is 12.1 Å². The van der Waals surface area contributed by atoms with Crippen LogP contribution in [0.3, 0.4) is 0 Å². The van der Waals surface area contributed by atoms with Crippen LogP contribution in [0.5, 0.6) is 0 Å². The van der Waals surface area contributed by atoms with Crippen molar-refractivity contribution in [1.29, 1.82) is 0 Å². The summed E-state index contributed by atoms with van der Waals surface area (Å²) in [4.78, 5) is 2.13. The molecule has 0 spiro atoms. The smallest absolute Gasteiger partial charge is 0.131 e. The molecule has 0 saturated carbocycles. The molecule has 0 bridgehead atoms. The summed E-state index contributed by atoms with van der Waals surface area (Å²) in [5, 5.41) is 3.99. The molecule has 1 nitrogen and oxygen atoms in total. The molecule has 1 heterocycles. The lowest BCUT2D eigenvalue weighted by atomic mass is 10.2. The zero-order valence-corrected chi connectivity index (χ0v) is 12.6. The van der Waals surface area contributed by atoms with Crippen LogP contribution in [0.15, 0.2) is 30.3 Å². The van der Waals surface area contributed by atoms with Crippen molar-refractivity contribution in [3.8, 4) is 10.4 Å². The van der Waals surface area contributed by atoms with Crippen molar-refractivity contribution in [2.24, 2.45) is 0 Å². The molecule has 0 aliphatic rings. The van der Waals surface area contributed by atoms with Crippen LogP contribution >= 0.6 is 22.9 Å². The normalized spacial score (nSPS) is 12.6. The average molecular weight is 298 g/mol. The molecule has 1 aromatic carbocycles. The Labute approximate surface area is 122 Å². The molecular formula is C15H17ClFNS. The third-order valence-electron chi connectivity index (χ3n) is 2.95. The van der Waals surface area contributed by atoms with Crippen molar-refractivity contribution in [1.82, 2.24) is 5.32 Å². The SMILES string of the molecule is CCCNC(C)c1ccc(-c2cc(Cl)ccc2F)s1. The molecule has 0 aliphatic carbocycles. The van der Waals surface area contributed by atoms with Crippen LogP contribution in [0, 0.1) is 5.82 Å². The molecule has 2 aromatic rings. The highest BCUT2D eigenvalue weighted by Gasteiger charge is 2.12. The second-order valence-electron chi connectivity index (χ2n) is 4.50. The molecule has 19 heavy (non-hydrogen) atoms. The summed E-state index contributed by atoms with van der Waals surface area (Å²) < 4.78 is 13.8. The Balaban J connectivity index is 2.23. The molecule has 0 aliphatic heterocycles. The predicted octanol–water partition coefficient (Wildman–Crippen LogP) is 5.27. The van der Waals surface area contributed by atoms with Gasteiger partial charge in [-0.3, -0.25) is 0 Å². The summed E-state index contributed by atoms with van der Waals surface area (Å²) >= 11 is 7.54. The van der Waals surface area contributed by atoms with Gasteiger partial charge in [-0.2, -0.15) is 0 Å². The van der Waals surface area contributed by atoms with Gasteiger partial charge in [0.1, 0.15) is 5.82 Å². The van der Waals surface area contributed by atoms with E-state index in [9.17, 15) is 4.39 Å². The van der Waals surface area contributed by atoms with Crippen molar-refractivity contribution in [2.75, 3.05) is 6.54 Å². The fourth-order valence-electron chi connectivity index (χ4n) is 1.88. The Morgan fingerprint density at radius 1 is 1.32 bits per heavy atom. The first-order chi connectivity index (χ1) is 9.11. The van der Waals surface area contributed by atoms with Crippen LogP contribution in [0.2, 0.25) is 5.02 Å². The zero-order valence-electron chi connectivity index (χ0n) is 11.0. The Morgan fingerprint density at radius 3 is 2.84 bits per heavy atom. The van der Waals surface area contributed by atoms with Gasteiger partial charge < -0.3 is 5.32 Å². The molecule has 1 unspecified atom stereocenters. The number of hydrogen-bond acceptors (Lipinski definition) is 2. The molecule has 102 valence electrons. The maximum absolute atomic E-state index is 13.8. The summed E-state index contributed by atoms with van der Waals surface area (Å²) in [5.74, 6) is -0.230. The van der Waals surface area contributed by atoms with Gasteiger partial charge in [-0.15, -0.1) is 11.3 Å². The lowest BCUT2D eigenvalue weighted by Crippen LogP contribution is -2.18. The fraction of sp³-hybridized carbons (Fsp3) is 0.333. The van der Waals surface area contributed by atoms with Gasteiger partial charge in [0, 0.05) is 26.4 Å². The molecule has 4 heteroatoms. The van der Waals surface area contributed by atoms with Crippen LogP contribution in [-0.4, -0.2) is 6.54 Å². The highest BCUT2D eigenvalue weighted by atomic mass is 35.5. The lowest BCUT2D eigenvalue weighted by Gasteiger charge is -2.10. The summed E-state index contributed by atoms with van der Waals surface area (Å²) in [6, 6.07) is 8.96. The van der Waals surface area contributed by atoms with Crippen LogP contribution in [-0.2, 0) is 0 Å². The van der Waals surface area contributed by atoms with E-state index in [-0.39, 0.29) is 5.82 Å². The van der Waals surface area contributed by atoms with E-state index in [1.54, 1.807) is 23.5 Å². The van der Waals surface area contributed by atoms with Crippen molar-refractivity contribution in [2.45, 2.75) is 26.3 Å². The predicted molar refractivity (Wildman–Crippen MR) is 81.4 cm³/mol. The standard InChI is InChI=1S/C15H17ClFNS/c1-3-8-18-10(2)14-6-7-15(19-14)12-9-11(16)4-5-13(12)17/h4-7,9-10,18H,3,8H2,1-2H3. The van der Waals surface area contributed by atoms with Gasteiger partial charge in [0.15, 0.2) is 0 Å². The van der Waals surface area contributed by atoms with Crippen LogP contribution in [0.25, 0.3) is 10.4 Å². The van der Waals surface area contributed by atoms with Crippen LogP contribution in [0.4, 0.5) is 4.39 Å². The molecule has 0 saturated heterocycles. The largest absolute Gasteiger partial charge is 0.309 e. The van der Waals surface area contributed by atoms with E-state index >= 15 is 0 Å². The molecular weight excluding hydrogens is 281 g/mol. The van der Waals surface area contributed by atoms with E-state index in [0.717, 1.165) is 17.8 Å². The quantitative estimate of drug-likeness (QED) is 0.793. The first kappa shape index (κ1) is 14.5. The zero-order chi connectivity index (χ0) is 13.8. The van der Waals surface area contributed by atoms with Gasteiger partial charge in [0.25, 0.3) is 0 Å². The van der Waals surface area contributed by atoms with Gasteiger partial charge in [0.05, 0.1) is 0 Å². The lowest BCUT2D eigenvalue weighted by molar-refractivity contribution is 0.578. The molecule has 0 fully saturated rings. The van der Waals surface area contributed by atoms with Crippen LogP contribution in [0.1, 0.15) is 31.2 Å². The van der Waals surface area contributed by atoms with Crippen molar-refractivity contribution >= 4 is 22.9 Å². The van der Waals surface area contributed by atoms with Gasteiger partial charge in [-0.1, -0.05) is 18.5 Å². The minimum atomic E-state index is -0.230. The van der Waals surface area contributed by atoms with Crippen molar-refractivity contribution in [3.63, 3.8) is 0 Å². The molecule has 1 atom stereocenters. The number of thiophene rings is 1. The van der Waals surface area contributed by atoms with Gasteiger partial charge in [0.2, 0.25) is 0 Å². The van der Waals surface area contributed by atoms with Crippen LogP contribution < -0.4 is 5.32 Å². The molecule has 0 amide bonds. The van der Waals surface area contributed by atoms with Gasteiger partial charge >= 0.3 is 0 Å². The topological polar surface area (TPSA) is 12.0 Å². The first-order valence-electron chi connectivity index (χ1n) is 6.40. The van der Waals surface area contributed by atoms with E-state index in [2.05, 4.69) is 19.2 Å². The van der Waals surface area contributed by atoms with Gasteiger partial charge in [-0.05, 0) is 50.2 Å². The monoisotopic (exact) mass is 297 g/mol. The molecule has 2 rings (SSSR count). The third-order valence-corrected chi connectivity index (χ3v) is 4.48. The fourth-order valence-corrected chi connectivity index (χ4v) is 3.10. The summed E-state index contributed by atoms with van der Waals surface area (Å²) in [7, 11) is 0. The Morgan fingerprint density at radius 2 is 2.11 bits per heavy atom. The average Bonchev–Trinajstić information content (AvgIpc) is 2.88. The number of nitrogens with one attached hydrogen (secondary N) is 1. The van der Waals surface area contributed by atoms with E-state index in [4.69, 9.17) is 11.6 Å². The second kappa shape index (κ2) is 6.51. The number of halogens is 2.